The van der Waals surface area contributed by atoms with Gasteiger partial charge in [-0.15, -0.1) is 0 Å². The minimum Gasteiger partial charge on any atom is -0.352 e. The molecule has 1 aromatic rings. The molecule has 1 aliphatic heterocycles. The molecule has 0 bridgehead atoms. The Morgan fingerprint density at radius 2 is 1.74 bits per heavy atom. The van der Waals surface area contributed by atoms with E-state index in [0.29, 0.717) is 31.1 Å². The second-order valence-corrected chi connectivity index (χ2v) is 8.37. The largest absolute Gasteiger partial charge is 0.352 e. The normalized spacial score (nSPS) is 16.5. The number of amides is 1. The number of nitrogens with one attached hydrogen (secondary N) is 1. The maximum atomic E-state index is 12.5. The zero-order valence-corrected chi connectivity index (χ0v) is 14.7. The van der Waals surface area contributed by atoms with Gasteiger partial charge in [-0.2, -0.15) is 4.31 Å². The molecule has 1 heterocycles. The Hall–Kier alpha value is -1.40. The van der Waals surface area contributed by atoms with Crippen LogP contribution in [0.25, 0.3) is 0 Å². The molecular formula is C17H26N2O3S. The molecule has 6 heteroatoms. The Balaban J connectivity index is 2.02. The van der Waals surface area contributed by atoms with Crippen LogP contribution in [0, 0.1) is 5.92 Å². The monoisotopic (exact) mass is 338 g/mol. The van der Waals surface area contributed by atoms with E-state index in [0.717, 1.165) is 25.7 Å². The number of carbonyl (C=O) groups is 1. The van der Waals surface area contributed by atoms with Crippen molar-refractivity contribution >= 4 is 15.9 Å². The number of rotatable bonds is 6. The average Bonchev–Trinajstić information content (AvgIpc) is 2.55. The lowest BCUT2D eigenvalue weighted by Gasteiger charge is -2.25. The minimum absolute atomic E-state index is 0.160. The van der Waals surface area contributed by atoms with Gasteiger partial charge in [0.05, 0.1) is 4.90 Å². The van der Waals surface area contributed by atoms with Gasteiger partial charge in [0.1, 0.15) is 0 Å². The Morgan fingerprint density at radius 3 is 2.30 bits per heavy atom. The molecule has 0 aromatic heterocycles. The first-order chi connectivity index (χ1) is 10.9. The van der Waals surface area contributed by atoms with Crippen molar-refractivity contribution in [3.8, 4) is 0 Å². The summed E-state index contributed by atoms with van der Waals surface area (Å²) in [6, 6.07) is 6.23. The molecule has 1 aromatic carbocycles. The highest BCUT2D eigenvalue weighted by Crippen LogP contribution is 2.20. The molecule has 2 rings (SSSR count). The van der Waals surface area contributed by atoms with Crippen LogP contribution in [0.2, 0.25) is 0 Å². The Morgan fingerprint density at radius 1 is 1.13 bits per heavy atom. The van der Waals surface area contributed by atoms with Crippen LogP contribution in [-0.4, -0.2) is 38.3 Å². The predicted molar refractivity (Wildman–Crippen MR) is 90.8 cm³/mol. The van der Waals surface area contributed by atoms with Crippen molar-refractivity contribution in [3.63, 3.8) is 0 Å². The molecule has 0 radical (unpaired) electrons. The smallest absolute Gasteiger partial charge is 0.251 e. The van der Waals surface area contributed by atoms with Gasteiger partial charge in [0.2, 0.25) is 10.0 Å². The first-order valence-electron chi connectivity index (χ1n) is 8.29. The summed E-state index contributed by atoms with van der Waals surface area (Å²) in [6.45, 7) is 6.00. The highest BCUT2D eigenvalue weighted by Gasteiger charge is 2.25. The van der Waals surface area contributed by atoms with E-state index >= 15 is 0 Å². The van der Waals surface area contributed by atoms with Crippen molar-refractivity contribution in [2.75, 3.05) is 19.6 Å². The molecule has 128 valence electrons. The number of sulfonamides is 1. The van der Waals surface area contributed by atoms with Crippen molar-refractivity contribution in [1.82, 2.24) is 9.62 Å². The zero-order valence-electron chi connectivity index (χ0n) is 13.9. The minimum atomic E-state index is -3.43. The van der Waals surface area contributed by atoms with Gasteiger partial charge in [0.25, 0.3) is 5.91 Å². The molecule has 0 atom stereocenters. The first-order valence-corrected chi connectivity index (χ1v) is 9.73. The third kappa shape index (κ3) is 4.78. The second kappa shape index (κ2) is 7.93. The summed E-state index contributed by atoms with van der Waals surface area (Å²) in [4.78, 5) is 12.3. The van der Waals surface area contributed by atoms with Crippen LogP contribution >= 0.6 is 0 Å². The summed E-state index contributed by atoms with van der Waals surface area (Å²) in [5.41, 5.74) is 0.492. The van der Waals surface area contributed by atoms with Crippen molar-refractivity contribution in [1.29, 1.82) is 0 Å². The Bertz CT molecular complexity index is 618. The number of hydrogen-bond acceptors (Lipinski definition) is 3. The molecule has 5 nitrogen and oxygen atoms in total. The van der Waals surface area contributed by atoms with Crippen molar-refractivity contribution in [2.24, 2.45) is 5.92 Å². The van der Waals surface area contributed by atoms with Crippen molar-refractivity contribution < 1.29 is 13.2 Å². The summed E-state index contributed by atoms with van der Waals surface area (Å²) in [7, 11) is -3.43. The van der Waals surface area contributed by atoms with E-state index in [2.05, 4.69) is 19.2 Å². The van der Waals surface area contributed by atoms with Crippen molar-refractivity contribution in [3.05, 3.63) is 29.8 Å². The van der Waals surface area contributed by atoms with E-state index in [9.17, 15) is 13.2 Å². The molecule has 0 spiro atoms. The summed E-state index contributed by atoms with van der Waals surface area (Å²) in [5.74, 6) is 0.375. The van der Waals surface area contributed by atoms with Crippen LogP contribution in [0.1, 0.15) is 49.9 Å². The quantitative estimate of drug-likeness (QED) is 0.867. The summed E-state index contributed by atoms with van der Waals surface area (Å²) >= 11 is 0. The maximum absolute atomic E-state index is 12.5. The fourth-order valence-corrected chi connectivity index (χ4v) is 4.13. The summed E-state index contributed by atoms with van der Waals surface area (Å²) in [5, 5.41) is 2.85. The standard InChI is InChI=1S/C17H26N2O3S/c1-14(2)10-11-18-17(20)15-6-8-16(9-7-15)23(21,22)19-12-4-3-5-13-19/h6-9,14H,3-5,10-13H2,1-2H3,(H,18,20). The van der Waals surface area contributed by atoms with Gasteiger partial charge in [-0.05, 0) is 49.4 Å². The van der Waals surface area contributed by atoms with Gasteiger partial charge in [-0.1, -0.05) is 20.3 Å². The molecule has 1 aliphatic rings. The van der Waals surface area contributed by atoms with Crippen LogP contribution in [0.3, 0.4) is 0 Å². The Labute approximate surface area is 139 Å². The lowest BCUT2D eigenvalue weighted by atomic mass is 10.1. The molecule has 0 aliphatic carbocycles. The van der Waals surface area contributed by atoms with Gasteiger partial charge >= 0.3 is 0 Å². The molecule has 1 amide bonds. The van der Waals surface area contributed by atoms with Crippen molar-refractivity contribution in [2.45, 2.75) is 44.4 Å². The van der Waals surface area contributed by atoms with Crippen LogP contribution in [0.5, 0.6) is 0 Å². The third-order valence-electron chi connectivity index (χ3n) is 4.08. The number of carbonyl (C=O) groups excluding carboxylic acids is 1. The highest BCUT2D eigenvalue weighted by atomic mass is 32.2. The van der Waals surface area contributed by atoms with Gasteiger partial charge < -0.3 is 5.32 Å². The van der Waals surface area contributed by atoms with Crippen LogP contribution in [-0.2, 0) is 10.0 Å². The van der Waals surface area contributed by atoms with E-state index in [1.807, 2.05) is 0 Å². The average molecular weight is 338 g/mol. The molecule has 0 saturated carbocycles. The first kappa shape index (κ1) is 17.9. The summed E-state index contributed by atoms with van der Waals surface area (Å²) < 4.78 is 26.6. The number of benzene rings is 1. The number of piperidine rings is 1. The van der Waals surface area contributed by atoms with Crippen LogP contribution < -0.4 is 5.32 Å². The SMILES string of the molecule is CC(C)CCNC(=O)c1ccc(S(=O)(=O)N2CCCCC2)cc1. The van der Waals surface area contributed by atoms with Gasteiger partial charge in [0.15, 0.2) is 0 Å². The van der Waals surface area contributed by atoms with Gasteiger partial charge in [-0.25, -0.2) is 8.42 Å². The molecule has 0 unspecified atom stereocenters. The molecule has 1 fully saturated rings. The van der Waals surface area contributed by atoms with Crippen LogP contribution in [0.4, 0.5) is 0 Å². The second-order valence-electron chi connectivity index (χ2n) is 6.43. The third-order valence-corrected chi connectivity index (χ3v) is 5.99. The fraction of sp³-hybridized carbons (Fsp3) is 0.588. The molecule has 23 heavy (non-hydrogen) atoms. The lowest BCUT2D eigenvalue weighted by molar-refractivity contribution is 0.0952. The molecule has 1 saturated heterocycles. The van der Waals surface area contributed by atoms with E-state index < -0.39 is 10.0 Å². The predicted octanol–water partition coefficient (Wildman–Crippen LogP) is 2.64. The number of hydrogen-bond donors (Lipinski definition) is 1. The summed E-state index contributed by atoms with van der Waals surface area (Å²) in [6.07, 6.45) is 3.83. The molecule has 1 N–H and O–H groups in total. The highest BCUT2D eigenvalue weighted by molar-refractivity contribution is 7.89. The zero-order chi connectivity index (χ0) is 16.9. The number of nitrogens with zero attached hydrogens (tertiary/aromatic N) is 1. The van der Waals surface area contributed by atoms with E-state index in [1.54, 1.807) is 12.1 Å². The fourth-order valence-electron chi connectivity index (χ4n) is 2.61. The van der Waals surface area contributed by atoms with E-state index in [4.69, 9.17) is 0 Å². The lowest BCUT2D eigenvalue weighted by Crippen LogP contribution is -2.35. The van der Waals surface area contributed by atoms with Crippen LogP contribution in [0.15, 0.2) is 29.2 Å². The topological polar surface area (TPSA) is 66.5 Å². The van der Waals surface area contributed by atoms with Gasteiger partial charge in [-0.3, -0.25) is 4.79 Å². The maximum Gasteiger partial charge on any atom is 0.251 e. The van der Waals surface area contributed by atoms with E-state index in [1.165, 1.54) is 16.4 Å². The molecular weight excluding hydrogens is 312 g/mol. The Kier molecular flexibility index (Phi) is 6.18. The van der Waals surface area contributed by atoms with Gasteiger partial charge in [0, 0.05) is 25.2 Å². The van der Waals surface area contributed by atoms with E-state index in [-0.39, 0.29) is 10.8 Å².